The Morgan fingerprint density at radius 2 is 2.00 bits per heavy atom. The van der Waals surface area contributed by atoms with Crippen molar-refractivity contribution in [1.82, 2.24) is 0 Å². The second-order valence-electron chi connectivity index (χ2n) is 6.29. The summed E-state index contributed by atoms with van der Waals surface area (Å²) in [7, 11) is 0. The maximum atomic E-state index is 11.0. The molecule has 0 unspecified atom stereocenters. The number of nitrogens with zero attached hydrogens (tertiary/aromatic N) is 1. The van der Waals surface area contributed by atoms with Gasteiger partial charge in [0.2, 0.25) is 0 Å². The Labute approximate surface area is 136 Å². The van der Waals surface area contributed by atoms with Crippen molar-refractivity contribution in [1.29, 1.82) is 0 Å². The maximum absolute atomic E-state index is 11.0. The van der Waals surface area contributed by atoms with Crippen LogP contribution in [-0.2, 0) is 4.74 Å². The second kappa shape index (κ2) is 6.50. The molecule has 1 aliphatic rings. The Hall–Kier alpha value is -2.20. The highest BCUT2D eigenvalue weighted by atomic mass is 16.6. The van der Waals surface area contributed by atoms with E-state index in [-0.39, 0.29) is 16.7 Å². The molecule has 2 aromatic carbocycles. The van der Waals surface area contributed by atoms with E-state index >= 15 is 0 Å². The molecule has 0 bridgehead atoms. The minimum absolute atomic E-state index is 0.0747. The predicted octanol–water partition coefficient (Wildman–Crippen LogP) is 4.85. The number of nitro groups is 1. The summed E-state index contributed by atoms with van der Waals surface area (Å²) in [5.74, 6) is 0.439. The van der Waals surface area contributed by atoms with Crippen LogP contribution in [0, 0.1) is 24.0 Å². The van der Waals surface area contributed by atoms with Crippen LogP contribution in [0.2, 0.25) is 0 Å². The molecule has 0 amide bonds. The smallest absolute Gasteiger partial charge is 0.269 e. The van der Waals surface area contributed by atoms with Gasteiger partial charge in [-0.2, -0.15) is 0 Å². The molecular weight excluding hydrogens is 290 g/mol. The highest BCUT2D eigenvalue weighted by Gasteiger charge is 2.26. The van der Waals surface area contributed by atoms with Crippen LogP contribution in [0.3, 0.4) is 0 Å². The van der Waals surface area contributed by atoms with Gasteiger partial charge in [0.1, 0.15) is 0 Å². The lowest BCUT2D eigenvalue weighted by molar-refractivity contribution is -0.385. The molecule has 2 atom stereocenters. The second-order valence-corrected chi connectivity index (χ2v) is 6.29. The van der Waals surface area contributed by atoms with Crippen molar-refractivity contribution in [3.05, 3.63) is 74.8 Å². The molecule has 3 rings (SSSR count). The number of ether oxygens (including phenoxy) is 1. The molecule has 1 aliphatic heterocycles. The molecule has 4 nitrogen and oxygen atoms in total. The van der Waals surface area contributed by atoms with Crippen LogP contribution in [0.25, 0.3) is 0 Å². The quantitative estimate of drug-likeness (QED) is 0.601. The number of aryl methyl sites for hydroxylation is 2. The van der Waals surface area contributed by atoms with Gasteiger partial charge in [0.25, 0.3) is 5.69 Å². The molecule has 23 heavy (non-hydrogen) atoms. The van der Waals surface area contributed by atoms with E-state index in [0.29, 0.717) is 12.5 Å². The Bertz CT molecular complexity index is 726. The Kier molecular flexibility index (Phi) is 4.44. The van der Waals surface area contributed by atoms with Crippen LogP contribution in [-0.4, -0.2) is 11.5 Å². The van der Waals surface area contributed by atoms with Gasteiger partial charge in [-0.15, -0.1) is 0 Å². The number of hydrogen-bond acceptors (Lipinski definition) is 3. The number of non-ortho nitro benzene ring substituents is 1. The lowest BCUT2D eigenvalue weighted by Crippen LogP contribution is -2.19. The fraction of sp³-hybridized carbons (Fsp3) is 0.368. The monoisotopic (exact) mass is 311 g/mol. The molecule has 1 heterocycles. The zero-order chi connectivity index (χ0) is 16.4. The molecule has 120 valence electrons. The first-order valence-electron chi connectivity index (χ1n) is 7.97. The summed E-state index contributed by atoms with van der Waals surface area (Å²) >= 11 is 0. The molecule has 0 aliphatic carbocycles. The van der Waals surface area contributed by atoms with Crippen molar-refractivity contribution in [3.63, 3.8) is 0 Å². The van der Waals surface area contributed by atoms with Crippen LogP contribution >= 0.6 is 0 Å². The van der Waals surface area contributed by atoms with Gasteiger partial charge in [0.15, 0.2) is 0 Å². The van der Waals surface area contributed by atoms with Crippen molar-refractivity contribution in [3.8, 4) is 0 Å². The Morgan fingerprint density at radius 3 is 2.74 bits per heavy atom. The lowest BCUT2D eigenvalue weighted by atomic mass is 9.84. The summed E-state index contributed by atoms with van der Waals surface area (Å²) in [5.41, 5.74) is 4.98. The van der Waals surface area contributed by atoms with E-state index in [9.17, 15) is 10.1 Å². The van der Waals surface area contributed by atoms with Gasteiger partial charge < -0.3 is 4.74 Å². The summed E-state index contributed by atoms with van der Waals surface area (Å²) < 4.78 is 5.89. The molecule has 4 heteroatoms. The van der Waals surface area contributed by atoms with Crippen LogP contribution in [0.1, 0.15) is 47.1 Å². The first kappa shape index (κ1) is 15.7. The SMILES string of the molecule is Cc1ccc([C@H]2CCO[C@@H](c3cccc([N+](=O)[O-])c3)C2)c(C)c1. The van der Waals surface area contributed by atoms with Crippen molar-refractivity contribution in [2.45, 2.75) is 38.7 Å². The zero-order valence-electron chi connectivity index (χ0n) is 13.5. The van der Waals surface area contributed by atoms with Crippen molar-refractivity contribution < 1.29 is 9.66 Å². The lowest BCUT2D eigenvalue weighted by Gasteiger charge is -2.31. The van der Waals surface area contributed by atoms with Crippen molar-refractivity contribution in [2.24, 2.45) is 0 Å². The van der Waals surface area contributed by atoms with E-state index in [1.807, 2.05) is 6.07 Å². The molecular formula is C19H21NO3. The summed E-state index contributed by atoms with van der Waals surface area (Å²) in [6.45, 7) is 4.94. The summed E-state index contributed by atoms with van der Waals surface area (Å²) in [6.07, 6.45) is 1.79. The van der Waals surface area contributed by atoms with Gasteiger partial charge in [-0.3, -0.25) is 10.1 Å². The molecule has 0 N–H and O–H groups in total. The topological polar surface area (TPSA) is 52.4 Å². The van der Waals surface area contributed by atoms with E-state index < -0.39 is 0 Å². The fourth-order valence-electron chi connectivity index (χ4n) is 3.43. The Morgan fingerprint density at radius 1 is 1.17 bits per heavy atom. The largest absolute Gasteiger partial charge is 0.373 e. The highest BCUT2D eigenvalue weighted by Crippen LogP contribution is 2.39. The first-order valence-corrected chi connectivity index (χ1v) is 7.97. The maximum Gasteiger partial charge on any atom is 0.269 e. The van der Waals surface area contributed by atoms with Gasteiger partial charge in [-0.1, -0.05) is 35.9 Å². The molecule has 0 aromatic heterocycles. The third-order valence-corrected chi connectivity index (χ3v) is 4.60. The minimum atomic E-state index is -0.353. The molecule has 1 saturated heterocycles. The van der Waals surface area contributed by atoms with E-state index in [1.54, 1.807) is 12.1 Å². The van der Waals surface area contributed by atoms with Gasteiger partial charge in [-0.05, 0) is 49.3 Å². The molecule has 0 saturated carbocycles. The number of nitro benzene ring substituents is 1. The summed E-state index contributed by atoms with van der Waals surface area (Å²) in [5, 5.41) is 11.0. The van der Waals surface area contributed by atoms with Crippen LogP contribution in [0.4, 0.5) is 5.69 Å². The summed E-state index contributed by atoms with van der Waals surface area (Å²) in [4.78, 5) is 10.6. The molecule has 2 aromatic rings. The third kappa shape index (κ3) is 3.42. The van der Waals surface area contributed by atoms with Gasteiger partial charge in [0, 0.05) is 18.7 Å². The van der Waals surface area contributed by atoms with E-state index in [0.717, 1.165) is 18.4 Å². The first-order chi connectivity index (χ1) is 11.0. The molecule has 1 fully saturated rings. The number of rotatable bonds is 3. The fourth-order valence-corrected chi connectivity index (χ4v) is 3.43. The number of benzene rings is 2. The van der Waals surface area contributed by atoms with E-state index in [2.05, 4.69) is 32.0 Å². The Balaban J connectivity index is 1.83. The van der Waals surface area contributed by atoms with E-state index in [1.165, 1.54) is 22.8 Å². The van der Waals surface area contributed by atoms with Crippen molar-refractivity contribution in [2.75, 3.05) is 6.61 Å². The van der Waals surface area contributed by atoms with Crippen LogP contribution < -0.4 is 0 Å². The van der Waals surface area contributed by atoms with Crippen LogP contribution in [0.5, 0.6) is 0 Å². The van der Waals surface area contributed by atoms with Gasteiger partial charge in [-0.25, -0.2) is 0 Å². The number of hydrogen-bond donors (Lipinski definition) is 0. The predicted molar refractivity (Wildman–Crippen MR) is 89.7 cm³/mol. The van der Waals surface area contributed by atoms with E-state index in [4.69, 9.17) is 4.74 Å². The normalized spacial score (nSPS) is 21.1. The molecule has 0 spiro atoms. The zero-order valence-corrected chi connectivity index (χ0v) is 13.5. The average Bonchev–Trinajstić information content (AvgIpc) is 2.55. The van der Waals surface area contributed by atoms with Crippen LogP contribution in [0.15, 0.2) is 42.5 Å². The third-order valence-electron chi connectivity index (χ3n) is 4.60. The highest BCUT2D eigenvalue weighted by molar-refractivity contribution is 5.37. The van der Waals surface area contributed by atoms with Gasteiger partial charge >= 0.3 is 0 Å². The summed E-state index contributed by atoms with van der Waals surface area (Å²) in [6, 6.07) is 13.4. The standard InChI is InChI=1S/C19H21NO3/c1-13-6-7-18(14(2)10-13)15-8-9-23-19(12-15)16-4-3-5-17(11-16)20(21)22/h3-7,10-11,15,19H,8-9,12H2,1-2H3/t15-,19+/m0/s1. The molecule has 0 radical (unpaired) electrons. The minimum Gasteiger partial charge on any atom is -0.373 e. The average molecular weight is 311 g/mol. The van der Waals surface area contributed by atoms with Crippen molar-refractivity contribution >= 4 is 5.69 Å². The van der Waals surface area contributed by atoms with Gasteiger partial charge in [0.05, 0.1) is 11.0 Å².